The smallest absolute Gasteiger partial charge is 0.338 e. The predicted molar refractivity (Wildman–Crippen MR) is 120 cm³/mol. The molecule has 0 radical (unpaired) electrons. The fourth-order valence-electron chi connectivity index (χ4n) is 2.86. The van der Waals surface area contributed by atoms with Gasteiger partial charge in [0.1, 0.15) is 11.5 Å². The summed E-state index contributed by atoms with van der Waals surface area (Å²) in [6, 6.07) is 13.5. The van der Waals surface area contributed by atoms with Gasteiger partial charge >= 0.3 is 11.9 Å². The third kappa shape index (κ3) is 6.42. The second-order valence-electron chi connectivity index (χ2n) is 6.87. The molecule has 3 rings (SSSR count). The number of nitrogens with zero attached hydrogens (tertiary/aromatic N) is 1. The Morgan fingerprint density at radius 1 is 1.00 bits per heavy atom. The maximum atomic E-state index is 12.3. The van der Waals surface area contributed by atoms with Crippen LogP contribution in [0.1, 0.15) is 33.4 Å². The molecule has 0 saturated heterocycles. The van der Waals surface area contributed by atoms with Crippen molar-refractivity contribution in [2.24, 2.45) is 0 Å². The quantitative estimate of drug-likeness (QED) is 0.270. The van der Waals surface area contributed by atoms with Crippen molar-refractivity contribution in [3.63, 3.8) is 0 Å². The topological polar surface area (TPSA) is 138 Å². The lowest BCUT2D eigenvalue weighted by Gasteiger charge is -2.07. The number of hydrogen-bond acceptors (Lipinski definition) is 8. The van der Waals surface area contributed by atoms with Gasteiger partial charge < -0.3 is 19.2 Å². The van der Waals surface area contributed by atoms with E-state index in [0.717, 1.165) is 23.8 Å². The first-order valence-corrected chi connectivity index (χ1v) is 10.4. The van der Waals surface area contributed by atoms with Crippen LogP contribution in [0.5, 0.6) is 0 Å². The van der Waals surface area contributed by atoms with Gasteiger partial charge in [-0.3, -0.25) is 14.9 Å². The Morgan fingerprint density at radius 3 is 2.26 bits per heavy atom. The number of rotatable bonds is 9. The van der Waals surface area contributed by atoms with Crippen molar-refractivity contribution >= 4 is 35.1 Å². The lowest BCUT2D eigenvalue weighted by atomic mass is 10.1. The molecule has 1 heterocycles. The van der Waals surface area contributed by atoms with Gasteiger partial charge in [-0.15, -0.1) is 0 Å². The number of nitro benzene ring substituents is 1. The van der Waals surface area contributed by atoms with Gasteiger partial charge in [-0.1, -0.05) is 11.6 Å². The largest absolute Gasteiger partial charge is 0.462 e. The zero-order valence-corrected chi connectivity index (χ0v) is 18.7. The van der Waals surface area contributed by atoms with E-state index in [-0.39, 0.29) is 24.3 Å². The van der Waals surface area contributed by atoms with Crippen LogP contribution in [-0.4, -0.2) is 36.0 Å². The molecular formula is C23H19ClN2O8. The Labute approximate surface area is 198 Å². The number of halogens is 1. The third-order valence-corrected chi connectivity index (χ3v) is 4.71. The average Bonchev–Trinajstić information content (AvgIpc) is 3.30. The Kier molecular flexibility index (Phi) is 7.99. The van der Waals surface area contributed by atoms with Gasteiger partial charge in [-0.25, -0.2) is 9.59 Å². The third-order valence-electron chi connectivity index (χ3n) is 4.46. The molecule has 0 fully saturated rings. The first-order valence-electron chi connectivity index (χ1n) is 10.0. The molecule has 0 unspecified atom stereocenters. The van der Waals surface area contributed by atoms with Gasteiger partial charge in [0.05, 0.1) is 29.2 Å². The molecule has 3 aromatic rings. The number of benzene rings is 2. The Hall–Kier alpha value is -4.18. The minimum absolute atomic E-state index is 0.0494. The molecule has 34 heavy (non-hydrogen) atoms. The van der Waals surface area contributed by atoms with Crippen molar-refractivity contribution in [1.29, 1.82) is 0 Å². The summed E-state index contributed by atoms with van der Waals surface area (Å²) in [6.07, 6.45) is 0. The first kappa shape index (κ1) is 24.5. The van der Waals surface area contributed by atoms with Gasteiger partial charge in [-0.05, 0) is 49.4 Å². The van der Waals surface area contributed by atoms with Crippen molar-refractivity contribution < 1.29 is 33.2 Å². The molecule has 0 atom stereocenters. The number of amides is 1. The van der Waals surface area contributed by atoms with Gasteiger partial charge in [0.15, 0.2) is 6.61 Å². The summed E-state index contributed by atoms with van der Waals surface area (Å²) < 4.78 is 15.4. The minimum atomic E-state index is -1.01. The molecule has 0 aliphatic rings. The van der Waals surface area contributed by atoms with E-state index in [1.54, 1.807) is 43.3 Å². The number of nitrogens with one attached hydrogen (secondary N) is 1. The number of ether oxygens (including phenoxy) is 2. The molecule has 11 heteroatoms. The monoisotopic (exact) mass is 486 g/mol. The highest BCUT2D eigenvalue weighted by Gasteiger charge is 2.20. The van der Waals surface area contributed by atoms with Crippen LogP contribution in [0, 0.1) is 10.1 Å². The standard InChI is InChI=1S/C23H19ClN2O8/c1-2-32-22(28)15-9-16(11-18(10-15)26(30)31)23(29)33-13-21(27)25-12-19-7-8-20(34-19)14-3-5-17(24)6-4-14/h3-11H,2,12-13H2,1H3,(H,25,27). The molecule has 1 aromatic heterocycles. The van der Waals surface area contributed by atoms with E-state index in [1.807, 2.05) is 0 Å². The van der Waals surface area contributed by atoms with Gasteiger partial charge in [0.2, 0.25) is 0 Å². The van der Waals surface area contributed by atoms with Crippen LogP contribution in [-0.2, 0) is 20.8 Å². The van der Waals surface area contributed by atoms with Crippen LogP contribution < -0.4 is 5.32 Å². The van der Waals surface area contributed by atoms with E-state index in [4.69, 9.17) is 25.5 Å². The Morgan fingerprint density at radius 2 is 1.65 bits per heavy atom. The molecule has 1 N–H and O–H groups in total. The van der Waals surface area contributed by atoms with Crippen molar-refractivity contribution in [1.82, 2.24) is 5.32 Å². The van der Waals surface area contributed by atoms with Crippen molar-refractivity contribution in [2.45, 2.75) is 13.5 Å². The Bertz CT molecular complexity index is 1220. The molecule has 0 spiro atoms. The van der Waals surface area contributed by atoms with Crippen LogP contribution in [0.2, 0.25) is 5.02 Å². The zero-order chi connectivity index (χ0) is 24.7. The summed E-state index contributed by atoms with van der Waals surface area (Å²) in [6.45, 7) is 1.04. The fourth-order valence-corrected chi connectivity index (χ4v) is 2.99. The predicted octanol–water partition coefficient (Wildman–Crippen LogP) is 4.16. The Balaban J connectivity index is 1.57. The fraction of sp³-hybridized carbons (Fsp3) is 0.174. The van der Waals surface area contributed by atoms with Crippen molar-refractivity contribution in [2.75, 3.05) is 13.2 Å². The summed E-state index contributed by atoms with van der Waals surface area (Å²) in [5, 5.41) is 14.3. The number of furan rings is 1. The lowest BCUT2D eigenvalue weighted by molar-refractivity contribution is -0.384. The molecule has 0 bridgehead atoms. The summed E-state index contributed by atoms with van der Waals surface area (Å²) in [5.74, 6) is -1.38. The molecule has 0 saturated carbocycles. The zero-order valence-electron chi connectivity index (χ0n) is 17.9. The van der Waals surface area contributed by atoms with E-state index in [1.165, 1.54) is 0 Å². The van der Waals surface area contributed by atoms with Gasteiger partial charge in [0, 0.05) is 22.7 Å². The maximum absolute atomic E-state index is 12.3. The average molecular weight is 487 g/mol. The number of carbonyl (C=O) groups is 3. The molecule has 0 aliphatic heterocycles. The van der Waals surface area contributed by atoms with E-state index >= 15 is 0 Å². The molecule has 0 aliphatic carbocycles. The van der Waals surface area contributed by atoms with Crippen LogP contribution in [0.4, 0.5) is 5.69 Å². The van der Waals surface area contributed by atoms with Gasteiger partial charge in [0.25, 0.3) is 11.6 Å². The van der Waals surface area contributed by atoms with Crippen LogP contribution in [0.3, 0.4) is 0 Å². The highest BCUT2D eigenvalue weighted by Crippen LogP contribution is 2.24. The lowest BCUT2D eigenvalue weighted by Crippen LogP contribution is -2.28. The number of carbonyl (C=O) groups excluding carboxylic acids is 3. The van der Waals surface area contributed by atoms with E-state index in [0.29, 0.717) is 16.5 Å². The number of nitro groups is 1. The van der Waals surface area contributed by atoms with E-state index in [2.05, 4.69) is 5.32 Å². The number of esters is 2. The highest BCUT2D eigenvalue weighted by molar-refractivity contribution is 6.30. The second kappa shape index (κ2) is 11.1. The molecule has 1 amide bonds. The molecular weight excluding hydrogens is 468 g/mol. The maximum Gasteiger partial charge on any atom is 0.338 e. The van der Waals surface area contributed by atoms with Crippen LogP contribution in [0.15, 0.2) is 59.0 Å². The number of non-ortho nitro benzene ring substituents is 1. The summed E-state index contributed by atoms with van der Waals surface area (Å²) >= 11 is 5.87. The molecule has 10 nitrogen and oxygen atoms in total. The highest BCUT2D eigenvalue weighted by atomic mass is 35.5. The van der Waals surface area contributed by atoms with Crippen molar-refractivity contribution in [3.8, 4) is 11.3 Å². The minimum Gasteiger partial charge on any atom is -0.462 e. The van der Waals surface area contributed by atoms with Gasteiger partial charge in [-0.2, -0.15) is 0 Å². The number of hydrogen-bond donors (Lipinski definition) is 1. The molecule has 176 valence electrons. The van der Waals surface area contributed by atoms with Crippen molar-refractivity contribution in [3.05, 3.63) is 86.6 Å². The van der Waals surface area contributed by atoms with Crippen LogP contribution >= 0.6 is 11.6 Å². The van der Waals surface area contributed by atoms with E-state index < -0.39 is 35.1 Å². The normalized spacial score (nSPS) is 10.4. The second-order valence-corrected chi connectivity index (χ2v) is 7.31. The summed E-state index contributed by atoms with van der Waals surface area (Å²) in [7, 11) is 0. The first-order chi connectivity index (χ1) is 16.3. The van der Waals surface area contributed by atoms with E-state index in [9.17, 15) is 24.5 Å². The molecule has 2 aromatic carbocycles. The summed E-state index contributed by atoms with van der Waals surface area (Å²) in [4.78, 5) is 46.7. The summed E-state index contributed by atoms with van der Waals surface area (Å²) in [5.41, 5.74) is -0.114. The van der Waals surface area contributed by atoms with Crippen LogP contribution in [0.25, 0.3) is 11.3 Å². The SMILES string of the molecule is CCOC(=O)c1cc(C(=O)OCC(=O)NCc2ccc(-c3ccc(Cl)cc3)o2)cc([N+](=O)[O-])c1.